The van der Waals surface area contributed by atoms with Crippen molar-refractivity contribution >= 4 is 29.5 Å². The fraction of sp³-hybridized carbons (Fsp3) is 0.0769. The summed E-state index contributed by atoms with van der Waals surface area (Å²) in [5.74, 6) is 0. The first kappa shape index (κ1) is 12.1. The number of nitrogens with zero attached hydrogens (tertiary/aromatic N) is 1. The summed E-state index contributed by atoms with van der Waals surface area (Å²) in [5, 5.41) is 1.24. The summed E-state index contributed by atoms with van der Waals surface area (Å²) in [6, 6.07) is 8.71. The molecule has 2 rings (SSSR count). The van der Waals surface area contributed by atoms with Crippen molar-refractivity contribution in [3.8, 4) is 0 Å². The van der Waals surface area contributed by atoms with Crippen LogP contribution in [0.4, 0.5) is 0 Å². The molecule has 17 heavy (non-hydrogen) atoms. The second-order valence-electron chi connectivity index (χ2n) is 3.57. The van der Waals surface area contributed by atoms with Crippen LogP contribution in [0.5, 0.6) is 0 Å². The largest absolute Gasteiger partial charge is 0.298 e. The second-order valence-corrected chi connectivity index (χ2v) is 4.41. The highest BCUT2D eigenvalue weighted by Crippen LogP contribution is 2.23. The van der Waals surface area contributed by atoms with E-state index in [-0.39, 0.29) is 0 Å². The first-order valence-electron chi connectivity index (χ1n) is 5.03. The molecule has 0 bridgehead atoms. The highest BCUT2D eigenvalue weighted by Gasteiger charge is 2.07. The Morgan fingerprint density at radius 2 is 2.06 bits per heavy atom. The zero-order valence-corrected chi connectivity index (χ0v) is 10.4. The summed E-state index contributed by atoms with van der Waals surface area (Å²) >= 11 is 12.0. The van der Waals surface area contributed by atoms with Gasteiger partial charge in [-0.05, 0) is 35.9 Å². The highest BCUT2D eigenvalue weighted by atomic mass is 35.5. The number of hydrogen-bond donors (Lipinski definition) is 0. The lowest BCUT2D eigenvalue weighted by molar-refractivity contribution is 0.112. The van der Waals surface area contributed by atoms with E-state index < -0.39 is 0 Å². The lowest BCUT2D eigenvalue weighted by atomic mass is 10.1. The van der Waals surface area contributed by atoms with Gasteiger partial charge in [0.15, 0.2) is 6.29 Å². The van der Waals surface area contributed by atoms with Crippen molar-refractivity contribution < 1.29 is 4.79 Å². The Labute approximate surface area is 109 Å². The summed E-state index contributed by atoms with van der Waals surface area (Å²) in [7, 11) is 0. The van der Waals surface area contributed by atoms with Crippen LogP contribution < -0.4 is 0 Å². The number of carbonyl (C=O) groups is 1. The van der Waals surface area contributed by atoms with Crippen LogP contribution in [-0.2, 0) is 6.42 Å². The Morgan fingerprint density at radius 3 is 2.82 bits per heavy atom. The summed E-state index contributed by atoms with van der Waals surface area (Å²) in [5.41, 5.74) is 2.14. The van der Waals surface area contributed by atoms with Gasteiger partial charge in [0.25, 0.3) is 0 Å². The van der Waals surface area contributed by atoms with Gasteiger partial charge in [0.05, 0.1) is 5.69 Å². The van der Waals surface area contributed by atoms with Gasteiger partial charge in [-0.25, -0.2) is 0 Å². The summed E-state index contributed by atoms with van der Waals surface area (Å²) < 4.78 is 0. The third-order valence-electron chi connectivity index (χ3n) is 2.42. The average molecular weight is 266 g/mol. The van der Waals surface area contributed by atoms with E-state index >= 15 is 0 Å². The van der Waals surface area contributed by atoms with Crippen LogP contribution in [0.25, 0.3) is 0 Å². The number of pyridine rings is 1. The van der Waals surface area contributed by atoms with Gasteiger partial charge in [-0.1, -0.05) is 23.2 Å². The Balaban J connectivity index is 2.37. The molecule has 0 saturated heterocycles. The van der Waals surface area contributed by atoms with Crippen LogP contribution >= 0.6 is 23.2 Å². The predicted molar refractivity (Wildman–Crippen MR) is 68.9 cm³/mol. The van der Waals surface area contributed by atoms with Gasteiger partial charge in [0, 0.05) is 28.2 Å². The molecule has 1 heterocycles. The molecule has 86 valence electrons. The number of carbonyl (C=O) groups excluding carboxylic acids is 1. The minimum Gasteiger partial charge on any atom is -0.298 e. The molecule has 0 saturated carbocycles. The van der Waals surface area contributed by atoms with Crippen LogP contribution in [0.1, 0.15) is 21.6 Å². The topological polar surface area (TPSA) is 30.0 Å². The van der Waals surface area contributed by atoms with Gasteiger partial charge >= 0.3 is 0 Å². The third-order valence-corrected chi connectivity index (χ3v) is 3.02. The smallest absolute Gasteiger partial charge is 0.151 e. The average Bonchev–Trinajstić information content (AvgIpc) is 2.34. The van der Waals surface area contributed by atoms with Crippen molar-refractivity contribution in [2.75, 3.05) is 0 Å². The van der Waals surface area contributed by atoms with E-state index in [1.165, 1.54) is 0 Å². The fourth-order valence-electron chi connectivity index (χ4n) is 1.56. The first-order valence-corrected chi connectivity index (χ1v) is 5.79. The van der Waals surface area contributed by atoms with Crippen molar-refractivity contribution in [3.05, 3.63) is 63.4 Å². The minimum absolute atomic E-state index is 0.494. The first-order chi connectivity index (χ1) is 8.20. The van der Waals surface area contributed by atoms with Crippen molar-refractivity contribution in [3.63, 3.8) is 0 Å². The normalized spacial score (nSPS) is 10.2. The highest BCUT2D eigenvalue weighted by molar-refractivity contribution is 6.33. The Morgan fingerprint density at radius 1 is 1.24 bits per heavy atom. The van der Waals surface area contributed by atoms with Crippen molar-refractivity contribution in [1.29, 1.82) is 0 Å². The van der Waals surface area contributed by atoms with Crippen LogP contribution in [0.2, 0.25) is 10.0 Å². The molecule has 0 aliphatic carbocycles. The van der Waals surface area contributed by atoms with Gasteiger partial charge in [-0.3, -0.25) is 9.78 Å². The van der Waals surface area contributed by atoms with Crippen LogP contribution in [0.15, 0.2) is 36.5 Å². The molecule has 0 spiro atoms. The van der Waals surface area contributed by atoms with E-state index in [9.17, 15) is 4.79 Å². The Bertz CT molecular complexity index is 555. The molecule has 1 aromatic carbocycles. The minimum atomic E-state index is 0.494. The quantitative estimate of drug-likeness (QED) is 0.791. The van der Waals surface area contributed by atoms with E-state index in [0.29, 0.717) is 27.7 Å². The standard InChI is InChI=1S/C13H9Cl2NO/c14-11-3-4-12(15)10(6-11)7-13-9(8-17)2-1-5-16-13/h1-6,8H,7H2. The number of aldehydes is 1. The van der Waals surface area contributed by atoms with E-state index in [1.54, 1.807) is 36.5 Å². The number of halogens is 2. The molecule has 2 aromatic rings. The van der Waals surface area contributed by atoms with Gasteiger partial charge in [-0.2, -0.15) is 0 Å². The van der Waals surface area contributed by atoms with E-state index in [0.717, 1.165) is 11.8 Å². The molecule has 0 atom stereocenters. The van der Waals surface area contributed by atoms with Gasteiger partial charge in [0.1, 0.15) is 0 Å². The van der Waals surface area contributed by atoms with Crippen LogP contribution in [-0.4, -0.2) is 11.3 Å². The van der Waals surface area contributed by atoms with E-state index in [4.69, 9.17) is 23.2 Å². The Hall–Kier alpha value is -1.38. The maximum absolute atomic E-state index is 10.9. The molecule has 0 unspecified atom stereocenters. The number of rotatable bonds is 3. The van der Waals surface area contributed by atoms with E-state index in [1.807, 2.05) is 0 Å². The van der Waals surface area contributed by atoms with Crippen molar-refractivity contribution in [1.82, 2.24) is 4.98 Å². The molecule has 0 fully saturated rings. The number of aromatic nitrogens is 1. The summed E-state index contributed by atoms with van der Waals surface area (Å²) in [6.07, 6.45) is 2.94. The Kier molecular flexibility index (Phi) is 3.77. The molecule has 4 heteroatoms. The summed E-state index contributed by atoms with van der Waals surface area (Å²) in [6.45, 7) is 0. The predicted octanol–water partition coefficient (Wildman–Crippen LogP) is 3.79. The van der Waals surface area contributed by atoms with Crippen LogP contribution in [0.3, 0.4) is 0 Å². The fourth-order valence-corrected chi connectivity index (χ4v) is 1.94. The third kappa shape index (κ3) is 2.84. The summed E-state index contributed by atoms with van der Waals surface area (Å²) in [4.78, 5) is 15.1. The maximum atomic E-state index is 10.9. The molecular weight excluding hydrogens is 257 g/mol. The lowest BCUT2D eigenvalue weighted by Crippen LogP contribution is -1.98. The molecule has 0 amide bonds. The van der Waals surface area contributed by atoms with Crippen molar-refractivity contribution in [2.45, 2.75) is 6.42 Å². The molecule has 0 aliphatic heterocycles. The molecule has 0 radical (unpaired) electrons. The molecule has 0 aliphatic rings. The van der Waals surface area contributed by atoms with Gasteiger partial charge in [0.2, 0.25) is 0 Å². The van der Waals surface area contributed by atoms with E-state index in [2.05, 4.69) is 4.98 Å². The SMILES string of the molecule is O=Cc1cccnc1Cc1cc(Cl)ccc1Cl. The number of hydrogen-bond acceptors (Lipinski definition) is 2. The van der Waals surface area contributed by atoms with Crippen molar-refractivity contribution in [2.24, 2.45) is 0 Å². The molecule has 2 nitrogen and oxygen atoms in total. The zero-order chi connectivity index (χ0) is 12.3. The second kappa shape index (κ2) is 5.30. The number of benzene rings is 1. The maximum Gasteiger partial charge on any atom is 0.151 e. The van der Waals surface area contributed by atoms with Gasteiger partial charge < -0.3 is 0 Å². The van der Waals surface area contributed by atoms with Gasteiger partial charge in [-0.15, -0.1) is 0 Å². The molecular formula is C13H9Cl2NO. The molecule has 0 N–H and O–H groups in total. The molecule has 1 aromatic heterocycles. The lowest BCUT2D eigenvalue weighted by Gasteiger charge is -2.06. The van der Waals surface area contributed by atoms with Crippen LogP contribution in [0, 0.1) is 0 Å². The monoisotopic (exact) mass is 265 g/mol. The zero-order valence-electron chi connectivity index (χ0n) is 8.86.